The van der Waals surface area contributed by atoms with Crippen LogP contribution in [0, 0.1) is 27.4 Å². The number of hydrogen-bond acceptors (Lipinski definition) is 8. The quantitative estimate of drug-likeness (QED) is 0.328. The smallest absolute Gasteiger partial charge is 0.337 e. The Morgan fingerprint density at radius 2 is 1.86 bits per heavy atom. The van der Waals surface area contributed by atoms with Crippen LogP contribution in [0.2, 0.25) is 0 Å². The Labute approximate surface area is 171 Å². The van der Waals surface area contributed by atoms with Gasteiger partial charge in [0.1, 0.15) is 5.92 Å². The summed E-state index contributed by atoms with van der Waals surface area (Å²) in [5, 5.41) is 33.3. The number of nitriles is 1. The minimum Gasteiger partial charge on any atom is -0.574 e. The van der Waals surface area contributed by atoms with Gasteiger partial charge in [0.2, 0.25) is 0 Å². The number of non-ortho nitro benzene ring substituents is 1. The van der Waals surface area contributed by atoms with E-state index in [0.717, 1.165) is 19.3 Å². The molecule has 1 fully saturated rings. The third kappa shape index (κ3) is 4.00. The maximum Gasteiger partial charge on any atom is 0.337 e. The molecule has 2 aliphatic rings. The molecule has 152 valence electrons. The van der Waals surface area contributed by atoms with E-state index in [2.05, 4.69) is 0 Å². The molecule has 0 bridgehead atoms. The number of nitro benzene ring substituents is 1. The van der Waals surface area contributed by atoms with E-state index in [1.165, 1.54) is 24.3 Å². The Balaban J connectivity index is 2.07. The summed E-state index contributed by atoms with van der Waals surface area (Å²) < 4.78 is 11.0. The molecule has 2 N–H and O–H groups in total. The number of nitro groups is 1. The molecule has 3 rings (SSSR count). The van der Waals surface area contributed by atoms with Crippen molar-refractivity contribution >= 4 is 28.9 Å². The van der Waals surface area contributed by atoms with Gasteiger partial charge in [-0.1, -0.05) is 30.8 Å². The van der Waals surface area contributed by atoms with Gasteiger partial charge in [-0.2, -0.15) is 5.26 Å². The van der Waals surface area contributed by atoms with Crippen molar-refractivity contribution in [3.63, 3.8) is 0 Å². The van der Waals surface area contributed by atoms with Gasteiger partial charge >= 0.3 is 5.97 Å². The van der Waals surface area contributed by atoms with Gasteiger partial charge in [0.25, 0.3) is 5.69 Å². The van der Waals surface area contributed by atoms with Crippen molar-refractivity contribution in [3.8, 4) is 6.07 Å². The Hall–Kier alpha value is -3.19. The number of ether oxygens (including phenoxy) is 2. The molecule has 29 heavy (non-hydrogen) atoms. The zero-order chi connectivity index (χ0) is 21.2. The van der Waals surface area contributed by atoms with Crippen LogP contribution in [0.3, 0.4) is 0 Å². The van der Waals surface area contributed by atoms with E-state index in [1.54, 1.807) is 0 Å². The fourth-order valence-corrected chi connectivity index (χ4v) is 3.92. The number of nitrogens with zero attached hydrogens (tertiary/aromatic N) is 2. The molecule has 10 heteroatoms. The minimum atomic E-state index is -1.28. The maximum absolute atomic E-state index is 12.8. The molecule has 1 aromatic rings. The molecular formula is C19H18N3O6S-. The van der Waals surface area contributed by atoms with Crippen LogP contribution >= 0.6 is 12.2 Å². The zero-order valence-corrected chi connectivity index (χ0v) is 16.1. The molecule has 1 aromatic carbocycles. The van der Waals surface area contributed by atoms with Gasteiger partial charge in [-0.15, -0.1) is 0 Å². The number of esters is 1. The van der Waals surface area contributed by atoms with Crippen LogP contribution in [0.1, 0.15) is 43.6 Å². The summed E-state index contributed by atoms with van der Waals surface area (Å²) in [6, 6.07) is 7.03. The molecule has 0 radical (unpaired) electrons. The second-order valence-electron chi connectivity index (χ2n) is 7.00. The number of benzene rings is 1. The largest absolute Gasteiger partial charge is 0.574 e. The lowest BCUT2D eigenvalue weighted by Gasteiger charge is -2.47. The molecule has 0 saturated heterocycles. The van der Waals surface area contributed by atoms with Crippen molar-refractivity contribution < 1.29 is 24.3 Å². The maximum atomic E-state index is 12.8. The monoisotopic (exact) mass is 416 g/mol. The number of carbonyl (C=O) groups is 1. The van der Waals surface area contributed by atoms with Crippen LogP contribution in [0.15, 0.2) is 35.8 Å². The van der Waals surface area contributed by atoms with Crippen molar-refractivity contribution in [1.29, 1.82) is 5.26 Å². The van der Waals surface area contributed by atoms with Gasteiger partial charge in [-0.3, -0.25) is 10.1 Å². The Kier molecular flexibility index (Phi) is 5.70. The first-order chi connectivity index (χ1) is 13.8. The highest BCUT2D eigenvalue weighted by Crippen LogP contribution is 2.43. The Bertz CT molecular complexity index is 915. The molecule has 1 spiro atoms. The van der Waals surface area contributed by atoms with Gasteiger partial charge in [0.05, 0.1) is 27.5 Å². The highest BCUT2D eigenvalue weighted by Gasteiger charge is 2.43. The Morgan fingerprint density at radius 1 is 1.24 bits per heavy atom. The van der Waals surface area contributed by atoms with E-state index in [-0.39, 0.29) is 10.7 Å². The molecule has 1 aliphatic carbocycles. The van der Waals surface area contributed by atoms with Crippen LogP contribution < -0.4 is 10.8 Å². The van der Waals surface area contributed by atoms with Crippen LogP contribution in [-0.2, 0) is 14.3 Å². The standard InChI is InChI=1S/C19H19N3O6S/c20-10-13(16(21)29)14(11-4-6-12(7-5-11)22(25)26)15-17(23)27-19(28-18(15)24)8-2-1-3-9-19/h4-7,13-14,23H,1-3,8-9H2,(H2,21,29)/p-1. The summed E-state index contributed by atoms with van der Waals surface area (Å²) >= 11 is 4.95. The molecular weight excluding hydrogens is 398 g/mol. The lowest BCUT2D eigenvalue weighted by molar-refractivity contribution is -0.402. The van der Waals surface area contributed by atoms with Gasteiger partial charge in [0, 0.05) is 18.1 Å². The number of hydrogen-bond donors (Lipinski definition) is 1. The van der Waals surface area contributed by atoms with Crippen LogP contribution in [0.5, 0.6) is 0 Å². The summed E-state index contributed by atoms with van der Waals surface area (Å²) in [5.41, 5.74) is 5.39. The van der Waals surface area contributed by atoms with Gasteiger partial charge in [0.15, 0.2) is 5.79 Å². The fraction of sp³-hybridized carbons (Fsp3) is 0.421. The van der Waals surface area contributed by atoms with E-state index in [0.29, 0.717) is 18.4 Å². The second kappa shape index (κ2) is 8.05. The zero-order valence-electron chi connectivity index (χ0n) is 15.3. The molecule has 1 saturated carbocycles. The predicted molar refractivity (Wildman–Crippen MR) is 102 cm³/mol. The highest BCUT2D eigenvalue weighted by atomic mass is 32.1. The molecule has 9 nitrogen and oxygen atoms in total. The predicted octanol–water partition coefficient (Wildman–Crippen LogP) is 1.91. The van der Waals surface area contributed by atoms with E-state index < -0.39 is 40.0 Å². The van der Waals surface area contributed by atoms with E-state index in [1.807, 2.05) is 6.07 Å². The first-order valence-electron chi connectivity index (χ1n) is 9.05. The molecule has 1 aliphatic heterocycles. The van der Waals surface area contributed by atoms with Gasteiger partial charge < -0.3 is 20.3 Å². The first-order valence-corrected chi connectivity index (χ1v) is 9.45. The number of rotatable bonds is 5. The average molecular weight is 416 g/mol. The van der Waals surface area contributed by atoms with Crippen molar-refractivity contribution in [2.45, 2.75) is 43.8 Å². The first kappa shape index (κ1) is 20.5. The van der Waals surface area contributed by atoms with Crippen molar-refractivity contribution in [1.82, 2.24) is 0 Å². The third-order valence-corrected chi connectivity index (χ3v) is 5.42. The minimum absolute atomic E-state index is 0.184. The molecule has 0 aromatic heterocycles. The van der Waals surface area contributed by atoms with Crippen molar-refractivity contribution in [2.75, 3.05) is 0 Å². The molecule has 2 unspecified atom stereocenters. The van der Waals surface area contributed by atoms with E-state index in [9.17, 15) is 25.3 Å². The third-order valence-electron chi connectivity index (χ3n) is 5.17. The summed E-state index contributed by atoms with van der Waals surface area (Å²) in [7, 11) is 0. The number of nitrogens with two attached hydrogens (primary N) is 1. The highest BCUT2D eigenvalue weighted by molar-refractivity contribution is 7.80. The van der Waals surface area contributed by atoms with Gasteiger partial charge in [-0.05, 0) is 31.2 Å². The summed E-state index contributed by atoms with van der Waals surface area (Å²) in [6.07, 6.45) is 3.30. The van der Waals surface area contributed by atoms with Crippen molar-refractivity contribution in [3.05, 3.63) is 51.5 Å². The van der Waals surface area contributed by atoms with E-state index >= 15 is 0 Å². The average Bonchev–Trinajstić information content (AvgIpc) is 2.67. The lowest BCUT2D eigenvalue weighted by Crippen LogP contribution is -2.47. The SMILES string of the molecule is N#CC(C(N)=S)C(C1=C([O-])OC2(CCCCC2)OC1=O)c1ccc([N+](=O)[O-])cc1. The summed E-state index contributed by atoms with van der Waals surface area (Å²) in [6.45, 7) is 0. The Morgan fingerprint density at radius 3 is 2.34 bits per heavy atom. The molecule has 2 atom stereocenters. The lowest BCUT2D eigenvalue weighted by atomic mass is 9.80. The van der Waals surface area contributed by atoms with Gasteiger partial charge in [-0.25, -0.2) is 4.79 Å². The summed E-state index contributed by atoms with van der Waals surface area (Å²) in [4.78, 5) is 23.0. The summed E-state index contributed by atoms with van der Waals surface area (Å²) in [5.74, 6) is -5.42. The number of thiocarbonyl (C=S) groups is 1. The van der Waals surface area contributed by atoms with Crippen molar-refractivity contribution in [2.24, 2.45) is 11.7 Å². The van der Waals surface area contributed by atoms with Crippen LogP contribution in [0.4, 0.5) is 5.69 Å². The van der Waals surface area contributed by atoms with Crippen LogP contribution in [-0.4, -0.2) is 21.7 Å². The van der Waals surface area contributed by atoms with E-state index in [4.69, 9.17) is 27.4 Å². The van der Waals surface area contributed by atoms with Crippen LogP contribution in [0.25, 0.3) is 0 Å². The normalized spacial score (nSPS) is 20.2. The second-order valence-corrected chi connectivity index (χ2v) is 7.47. The molecule has 0 amide bonds. The topological polar surface area (TPSA) is 152 Å². The number of carbonyl (C=O) groups excluding carboxylic acids is 1. The fourth-order valence-electron chi connectivity index (χ4n) is 3.73. The molecule has 1 heterocycles.